The number of benzene rings is 2. The molecule has 0 bridgehead atoms. The number of aromatic hydroxyl groups is 2. The lowest BCUT2D eigenvalue weighted by molar-refractivity contribution is 0.150. The third-order valence-corrected chi connectivity index (χ3v) is 6.99. The molecule has 3 rings (SSSR count). The van der Waals surface area contributed by atoms with E-state index in [0.29, 0.717) is 11.5 Å². The zero-order valence-corrected chi connectivity index (χ0v) is 16.8. The van der Waals surface area contributed by atoms with Crippen molar-refractivity contribution >= 4 is 0 Å². The normalized spacial score (nSPS) is 23.8. The molecule has 0 amide bonds. The van der Waals surface area contributed by atoms with E-state index in [-0.39, 0.29) is 10.8 Å². The Labute approximate surface area is 157 Å². The van der Waals surface area contributed by atoms with Gasteiger partial charge < -0.3 is 10.2 Å². The summed E-state index contributed by atoms with van der Waals surface area (Å²) in [5, 5.41) is 20.0. The van der Waals surface area contributed by atoms with Crippen molar-refractivity contribution in [2.45, 2.75) is 71.1 Å². The van der Waals surface area contributed by atoms with Crippen molar-refractivity contribution in [3.8, 4) is 11.5 Å². The summed E-state index contributed by atoms with van der Waals surface area (Å²) in [5.41, 5.74) is 4.43. The Hall–Kier alpha value is -1.96. The fourth-order valence-corrected chi connectivity index (χ4v) is 4.80. The summed E-state index contributed by atoms with van der Waals surface area (Å²) in [5.74, 6) is 1.49. The predicted molar refractivity (Wildman–Crippen MR) is 108 cm³/mol. The second-order valence-corrected chi connectivity index (χ2v) is 8.89. The highest BCUT2D eigenvalue weighted by atomic mass is 16.3. The van der Waals surface area contributed by atoms with Crippen LogP contribution in [-0.4, -0.2) is 10.2 Å². The van der Waals surface area contributed by atoms with Gasteiger partial charge in [-0.25, -0.2) is 0 Å². The average molecular weight is 353 g/mol. The number of rotatable bonds is 3. The summed E-state index contributed by atoms with van der Waals surface area (Å²) in [6.07, 6.45) is 4.73. The first-order valence-corrected chi connectivity index (χ1v) is 9.77. The molecule has 0 heterocycles. The molecule has 1 fully saturated rings. The van der Waals surface area contributed by atoms with Gasteiger partial charge in [0.25, 0.3) is 0 Å². The standard InChI is InChI=1S/C24H32O2/c1-16-10-12-24(13-11-16,20-7-9-22(26)18(3)15-20)23(4,5)19-6-8-21(25)17(2)14-19/h6-9,14-16,25-26H,10-13H2,1-5H3. The summed E-state index contributed by atoms with van der Waals surface area (Å²) < 4.78 is 0. The van der Waals surface area contributed by atoms with Crippen molar-refractivity contribution in [1.29, 1.82) is 0 Å². The summed E-state index contributed by atoms with van der Waals surface area (Å²) in [4.78, 5) is 0. The molecular formula is C24H32O2. The molecule has 0 radical (unpaired) electrons. The van der Waals surface area contributed by atoms with Crippen LogP contribution in [0.5, 0.6) is 11.5 Å². The smallest absolute Gasteiger partial charge is 0.118 e. The van der Waals surface area contributed by atoms with E-state index >= 15 is 0 Å². The fourth-order valence-electron chi connectivity index (χ4n) is 4.80. The van der Waals surface area contributed by atoms with Crippen molar-refractivity contribution in [2.75, 3.05) is 0 Å². The molecule has 2 aromatic carbocycles. The number of phenolic OH excluding ortho intramolecular Hbond substituents is 2. The highest BCUT2D eigenvalue weighted by Crippen LogP contribution is 2.54. The molecule has 0 unspecified atom stereocenters. The largest absolute Gasteiger partial charge is 0.508 e. The van der Waals surface area contributed by atoms with Gasteiger partial charge in [0.1, 0.15) is 11.5 Å². The molecular weight excluding hydrogens is 320 g/mol. The van der Waals surface area contributed by atoms with Gasteiger partial charge >= 0.3 is 0 Å². The number of hydrogen-bond acceptors (Lipinski definition) is 2. The van der Waals surface area contributed by atoms with E-state index in [1.165, 1.54) is 24.0 Å². The Morgan fingerprint density at radius 3 is 1.96 bits per heavy atom. The van der Waals surface area contributed by atoms with Gasteiger partial charge in [-0.3, -0.25) is 0 Å². The average Bonchev–Trinajstić information content (AvgIpc) is 2.60. The van der Waals surface area contributed by atoms with Gasteiger partial charge in [0.2, 0.25) is 0 Å². The van der Waals surface area contributed by atoms with E-state index in [4.69, 9.17) is 0 Å². The van der Waals surface area contributed by atoms with E-state index in [1.807, 2.05) is 26.0 Å². The van der Waals surface area contributed by atoms with Crippen LogP contribution in [0.25, 0.3) is 0 Å². The van der Waals surface area contributed by atoms with Gasteiger partial charge in [0.15, 0.2) is 0 Å². The van der Waals surface area contributed by atoms with Crippen LogP contribution >= 0.6 is 0 Å². The molecule has 2 N–H and O–H groups in total. The first kappa shape index (κ1) is 18.8. The van der Waals surface area contributed by atoms with Crippen molar-refractivity contribution in [3.63, 3.8) is 0 Å². The molecule has 0 aromatic heterocycles. The van der Waals surface area contributed by atoms with Crippen LogP contribution in [0.15, 0.2) is 36.4 Å². The maximum absolute atomic E-state index is 10.0. The molecule has 0 aliphatic heterocycles. The maximum Gasteiger partial charge on any atom is 0.118 e. The Kier molecular flexibility index (Phi) is 4.81. The SMILES string of the molecule is Cc1cc(C(C)(C)C2(c3ccc(O)c(C)c3)CCC(C)CC2)ccc1O. The first-order valence-electron chi connectivity index (χ1n) is 9.77. The van der Waals surface area contributed by atoms with Crippen molar-refractivity contribution in [2.24, 2.45) is 5.92 Å². The second-order valence-electron chi connectivity index (χ2n) is 8.89. The summed E-state index contributed by atoms with van der Waals surface area (Å²) >= 11 is 0. The summed E-state index contributed by atoms with van der Waals surface area (Å²) in [6, 6.07) is 12.2. The van der Waals surface area contributed by atoms with E-state index in [9.17, 15) is 10.2 Å². The van der Waals surface area contributed by atoms with E-state index in [2.05, 4.69) is 45.0 Å². The van der Waals surface area contributed by atoms with Crippen LogP contribution in [0, 0.1) is 19.8 Å². The lowest BCUT2D eigenvalue weighted by atomic mass is 9.52. The molecule has 2 heteroatoms. The molecule has 0 spiro atoms. The van der Waals surface area contributed by atoms with Crippen LogP contribution in [0.4, 0.5) is 0 Å². The van der Waals surface area contributed by atoms with Gasteiger partial charge in [-0.1, -0.05) is 45.0 Å². The number of aryl methyl sites for hydroxylation is 2. The minimum absolute atomic E-state index is 0.0291. The zero-order valence-electron chi connectivity index (χ0n) is 16.8. The van der Waals surface area contributed by atoms with Gasteiger partial charge in [-0.2, -0.15) is 0 Å². The fraction of sp³-hybridized carbons (Fsp3) is 0.500. The van der Waals surface area contributed by atoms with Crippen molar-refractivity contribution in [3.05, 3.63) is 58.7 Å². The highest BCUT2D eigenvalue weighted by molar-refractivity contribution is 5.46. The van der Waals surface area contributed by atoms with E-state index in [0.717, 1.165) is 29.9 Å². The summed E-state index contributed by atoms with van der Waals surface area (Å²) in [7, 11) is 0. The monoisotopic (exact) mass is 352 g/mol. The lowest BCUT2D eigenvalue weighted by Crippen LogP contribution is -2.47. The van der Waals surface area contributed by atoms with Gasteiger partial charge in [-0.15, -0.1) is 0 Å². The second kappa shape index (κ2) is 6.64. The number of hydrogen-bond donors (Lipinski definition) is 2. The van der Waals surface area contributed by atoms with Gasteiger partial charge in [0, 0.05) is 5.41 Å². The minimum atomic E-state index is -0.0744. The Bertz CT molecular complexity index is 796. The van der Waals surface area contributed by atoms with Crippen LogP contribution in [0.1, 0.15) is 68.7 Å². The van der Waals surface area contributed by atoms with Gasteiger partial charge in [-0.05, 0) is 85.3 Å². The zero-order chi connectivity index (χ0) is 19.1. The van der Waals surface area contributed by atoms with Crippen molar-refractivity contribution < 1.29 is 10.2 Å². The topological polar surface area (TPSA) is 40.5 Å². The summed E-state index contributed by atoms with van der Waals surface area (Å²) in [6.45, 7) is 11.0. The predicted octanol–water partition coefficient (Wildman–Crippen LogP) is 6.14. The molecule has 2 aromatic rings. The van der Waals surface area contributed by atoms with Crippen LogP contribution in [-0.2, 0) is 10.8 Å². The highest BCUT2D eigenvalue weighted by Gasteiger charge is 2.48. The van der Waals surface area contributed by atoms with Gasteiger partial charge in [0.05, 0.1) is 0 Å². The van der Waals surface area contributed by atoms with Crippen LogP contribution < -0.4 is 0 Å². The third kappa shape index (κ3) is 3.00. The molecule has 0 atom stereocenters. The molecule has 26 heavy (non-hydrogen) atoms. The molecule has 140 valence electrons. The van der Waals surface area contributed by atoms with Crippen molar-refractivity contribution in [1.82, 2.24) is 0 Å². The molecule has 1 saturated carbocycles. The van der Waals surface area contributed by atoms with E-state index < -0.39 is 0 Å². The maximum atomic E-state index is 10.0. The lowest BCUT2D eigenvalue weighted by Gasteiger charge is -2.51. The van der Waals surface area contributed by atoms with Crippen LogP contribution in [0.3, 0.4) is 0 Å². The minimum Gasteiger partial charge on any atom is -0.508 e. The van der Waals surface area contributed by atoms with E-state index in [1.54, 1.807) is 0 Å². The molecule has 2 nitrogen and oxygen atoms in total. The Balaban J connectivity index is 2.16. The van der Waals surface area contributed by atoms with Crippen LogP contribution in [0.2, 0.25) is 0 Å². The molecule has 0 saturated heterocycles. The first-order chi connectivity index (χ1) is 12.2. The number of phenols is 2. The Morgan fingerprint density at radius 1 is 0.885 bits per heavy atom. The third-order valence-electron chi connectivity index (χ3n) is 6.99. The Morgan fingerprint density at radius 2 is 1.42 bits per heavy atom. The molecule has 1 aliphatic rings. The molecule has 1 aliphatic carbocycles. The quantitative estimate of drug-likeness (QED) is 0.696.